The normalized spacial score (nSPS) is 10.6. The largest absolute Gasteiger partial charge is 0.356 e. The lowest BCUT2D eigenvalue weighted by Crippen LogP contribution is -2.26. The molecule has 118 valence electrons. The van der Waals surface area contributed by atoms with E-state index in [2.05, 4.69) is 14.9 Å². The zero-order valence-corrected chi connectivity index (χ0v) is 12.7. The van der Waals surface area contributed by atoms with Gasteiger partial charge in [-0.15, -0.1) is 0 Å². The molecule has 1 aromatic heterocycles. The van der Waals surface area contributed by atoms with Crippen LogP contribution in [-0.4, -0.2) is 22.0 Å². The van der Waals surface area contributed by atoms with Crippen LogP contribution in [0.25, 0.3) is 0 Å². The lowest BCUT2D eigenvalue weighted by molar-refractivity contribution is -0.120. The Hall–Kier alpha value is -2.17. The van der Waals surface area contributed by atoms with E-state index in [9.17, 15) is 9.18 Å². The molecular weight excluding hydrogens is 281 g/mol. The molecule has 1 amide bonds. The predicted octanol–water partition coefficient (Wildman–Crippen LogP) is 2.94. The maximum absolute atomic E-state index is 12.8. The molecule has 0 spiro atoms. The number of aryl methyl sites for hydroxylation is 1. The molecule has 0 atom stereocenters. The van der Waals surface area contributed by atoms with Crippen molar-refractivity contribution < 1.29 is 9.18 Å². The van der Waals surface area contributed by atoms with Gasteiger partial charge in [-0.2, -0.15) is 0 Å². The first-order valence-corrected chi connectivity index (χ1v) is 7.71. The number of nitrogens with one attached hydrogen (secondary N) is 1. The number of rotatable bonds is 9. The van der Waals surface area contributed by atoms with Crippen molar-refractivity contribution in [1.82, 2.24) is 14.9 Å². The minimum atomic E-state index is -0.278. The Morgan fingerprint density at radius 2 is 1.91 bits per heavy atom. The fourth-order valence-electron chi connectivity index (χ4n) is 2.27. The molecule has 0 bridgehead atoms. The monoisotopic (exact) mass is 303 g/mol. The van der Waals surface area contributed by atoms with Crippen molar-refractivity contribution in [2.45, 2.75) is 38.6 Å². The average molecular weight is 303 g/mol. The molecule has 1 N–H and O–H groups in total. The summed E-state index contributed by atoms with van der Waals surface area (Å²) in [5, 5.41) is 2.90. The van der Waals surface area contributed by atoms with Gasteiger partial charge in [0.05, 0.1) is 12.7 Å². The number of aromatic nitrogens is 2. The number of benzene rings is 1. The first-order valence-electron chi connectivity index (χ1n) is 7.71. The predicted molar refractivity (Wildman–Crippen MR) is 83.8 cm³/mol. The first kappa shape index (κ1) is 16.2. The van der Waals surface area contributed by atoms with Crippen LogP contribution in [0.3, 0.4) is 0 Å². The molecule has 1 aromatic carbocycles. The van der Waals surface area contributed by atoms with Crippen LogP contribution in [0.2, 0.25) is 0 Å². The number of nitrogens with zero attached hydrogens (tertiary/aromatic N) is 2. The molecule has 1 heterocycles. The van der Waals surface area contributed by atoms with Crippen LogP contribution < -0.4 is 5.32 Å². The molecule has 22 heavy (non-hydrogen) atoms. The second-order valence-corrected chi connectivity index (χ2v) is 5.37. The quantitative estimate of drug-likeness (QED) is 0.724. The number of hydrogen-bond donors (Lipinski definition) is 1. The summed E-state index contributed by atoms with van der Waals surface area (Å²) in [7, 11) is 0. The Morgan fingerprint density at radius 3 is 2.64 bits per heavy atom. The molecule has 0 unspecified atom stereocenters. The number of halogens is 1. The second kappa shape index (κ2) is 8.97. The fourth-order valence-corrected chi connectivity index (χ4v) is 2.27. The van der Waals surface area contributed by atoms with Gasteiger partial charge in [0.25, 0.3) is 0 Å². The van der Waals surface area contributed by atoms with Crippen LogP contribution in [-0.2, 0) is 17.8 Å². The van der Waals surface area contributed by atoms with E-state index < -0.39 is 0 Å². The van der Waals surface area contributed by atoms with E-state index in [0.717, 1.165) is 37.8 Å². The average Bonchev–Trinajstić information content (AvgIpc) is 3.02. The number of carbonyl (C=O) groups is 1. The van der Waals surface area contributed by atoms with E-state index in [0.29, 0.717) is 13.0 Å². The molecule has 0 fully saturated rings. The van der Waals surface area contributed by atoms with E-state index in [4.69, 9.17) is 0 Å². The van der Waals surface area contributed by atoms with Gasteiger partial charge >= 0.3 is 0 Å². The minimum Gasteiger partial charge on any atom is -0.356 e. The molecule has 0 aliphatic heterocycles. The summed E-state index contributed by atoms with van der Waals surface area (Å²) in [6.45, 7) is 1.70. The van der Waals surface area contributed by atoms with E-state index in [1.54, 1.807) is 18.3 Å². The van der Waals surface area contributed by atoms with Crippen LogP contribution in [0.15, 0.2) is 43.0 Å². The minimum absolute atomic E-state index is 0.00924. The summed E-state index contributed by atoms with van der Waals surface area (Å²) in [4.78, 5) is 15.7. The summed E-state index contributed by atoms with van der Waals surface area (Å²) in [6, 6.07) is 6.04. The molecular formula is C17H22FN3O. The van der Waals surface area contributed by atoms with E-state index in [1.807, 2.05) is 12.5 Å². The van der Waals surface area contributed by atoms with Gasteiger partial charge in [-0.05, 0) is 30.5 Å². The number of hydrogen-bond acceptors (Lipinski definition) is 2. The highest BCUT2D eigenvalue weighted by atomic mass is 19.1. The van der Waals surface area contributed by atoms with Gasteiger partial charge in [0, 0.05) is 25.5 Å². The molecule has 2 aromatic rings. The standard InChI is InChI=1S/C17H22FN3O/c18-16-7-5-15(6-8-16)13-17(22)20-9-3-1-2-4-11-21-12-10-19-14-21/h5-8,10,12,14H,1-4,9,11,13H2,(H,20,22). The van der Waals surface area contributed by atoms with Crippen LogP contribution in [0.1, 0.15) is 31.2 Å². The van der Waals surface area contributed by atoms with Gasteiger partial charge in [0.1, 0.15) is 5.82 Å². The summed E-state index contributed by atoms with van der Waals surface area (Å²) < 4.78 is 14.8. The lowest BCUT2D eigenvalue weighted by atomic mass is 10.1. The maximum atomic E-state index is 12.8. The summed E-state index contributed by atoms with van der Waals surface area (Å²) in [5.41, 5.74) is 0.833. The third-order valence-electron chi connectivity index (χ3n) is 3.50. The highest BCUT2D eigenvalue weighted by molar-refractivity contribution is 5.78. The van der Waals surface area contributed by atoms with Gasteiger partial charge in [-0.3, -0.25) is 4.79 Å². The number of unbranched alkanes of at least 4 members (excludes halogenated alkanes) is 3. The fraction of sp³-hybridized carbons (Fsp3) is 0.412. The van der Waals surface area contributed by atoms with Gasteiger partial charge in [-0.25, -0.2) is 9.37 Å². The molecule has 2 rings (SSSR count). The Balaban J connectivity index is 1.49. The molecule has 0 saturated heterocycles. The highest BCUT2D eigenvalue weighted by Crippen LogP contribution is 2.04. The van der Waals surface area contributed by atoms with Crippen LogP contribution in [0, 0.1) is 5.82 Å². The van der Waals surface area contributed by atoms with Crippen molar-refractivity contribution >= 4 is 5.91 Å². The zero-order valence-electron chi connectivity index (χ0n) is 12.7. The molecule has 0 saturated carbocycles. The Labute approximate surface area is 130 Å². The van der Waals surface area contributed by atoms with Crippen molar-refractivity contribution in [3.63, 3.8) is 0 Å². The van der Waals surface area contributed by atoms with Crippen molar-refractivity contribution in [3.05, 3.63) is 54.4 Å². The zero-order chi connectivity index (χ0) is 15.6. The first-order chi connectivity index (χ1) is 10.7. The van der Waals surface area contributed by atoms with Gasteiger partial charge < -0.3 is 9.88 Å². The summed E-state index contributed by atoms with van der Waals surface area (Å²) in [5.74, 6) is -0.287. The highest BCUT2D eigenvalue weighted by Gasteiger charge is 2.02. The maximum Gasteiger partial charge on any atom is 0.224 e. The van der Waals surface area contributed by atoms with Gasteiger partial charge in [0.15, 0.2) is 0 Å². The van der Waals surface area contributed by atoms with Gasteiger partial charge in [-0.1, -0.05) is 25.0 Å². The number of amides is 1. The molecule has 0 radical (unpaired) electrons. The lowest BCUT2D eigenvalue weighted by Gasteiger charge is -2.06. The summed E-state index contributed by atoms with van der Waals surface area (Å²) >= 11 is 0. The Kier molecular flexibility index (Phi) is 6.61. The Morgan fingerprint density at radius 1 is 1.14 bits per heavy atom. The van der Waals surface area contributed by atoms with E-state index >= 15 is 0 Å². The van der Waals surface area contributed by atoms with Crippen molar-refractivity contribution in [2.24, 2.45) is 0 Å². The van der Waals surface area contributed by atoms with Crippen LogP contribution in [0.5, 0.6) is 0 Å². The topological polar surface area (TPSA) is 46.9 Å². The molecule has 0 aliphatic carbocycles. The van der Waals surface area contributed by atoms with Crippen molar-refractivity contribution in [1.29, 1.82) is 0 Å². The second-order valence-electron chi connectivity index (χ2n) is 5.37. The number of carbonyl (C=O) groups excluding carboxylic acids is 1. The van der Waals surface area contributed by atoms with Gasteiger partial charge in [0.2, 0.25) is 5.91 Å². The smallest absolute Gasteiger partial charge is 0.224 e. The molecule has 5 heteroatoms. The number of imidazole rings is 1. The third kappa shape index (κ3) is 6.08. The van der Waals surface area contributed by atoms with Crippen LogP contribution >= 0.6 is 0 Å². The van der Waals surface area contributed by atoms with Crippen molar-refractivity contribution in [3.8, 4) is 0 Å². The van der Waals surface area contributed by atoms with E-state index in [1.165, 1.54) is 12.1 Å². The SMILES string of the molecule is O=C(Cc1ccc(F)cc1)NCCCCCCn1ccnc1. The van der Waals surface area contributed by atoms with Crippen molar-refractivity contribution in [2.75, 3.05) is 6.54 Å². The van der Waals surface area contributed by atoms with Crippen LogP contribution in [0.4, 0.5) is 4.39 Å². The summed E-state index contributed by atoms with van der Waals surface area (Å²) in [6.07, 6.45) is 10.2. The Bertz CT molecular complexity index is 552. The third-order valence-corrected chi connectivity index (χ3v) is 3.50. The van der Waals surface area contributed by atoms with E-state index in [-0.39, 0.29) is 11.7 Å². The molecule has 0 aliphatic rings. The molecule has 4 nitrogen and oxygen atoms in total.